The Kier molecular flexibility index (Phi) is 5.12. The van der Waals surface area contributed by atoms with Crippen LogP contribution in [0.4, 0.5) is 10.1 Å². The minimum absolute atomic E-state index is 0.157. The largest absolute Gasteiger partial charge is 0.381 e. The molecule has 0 saturated carbocycles. The van der Waals surface area contributed by atoms with Gasteiger partial charge in [0.25, 0.3) is 0 Å². The fourth-order valence-corrected chi connectivity index (χ4v) is 4.18. The van der Waals surface area contributed by atoms with E-state index < -0.39 is 0 Å². The molecule has 5 heteroatoms. The highest BCUT2D eigenvalue weighted by Crippen LogP contribution is 2.35. The van der Waals surface area contributed by atoms with Gasteiger partial charge in [0.2, 0.25) is 0 Å². The number of benzene rings is 2. The SMILES string of the molecule is NC(=NCC1(c2ccc(F)cc2)CCOCC1)Nc1ccc2c(c1)CCC2. The zero-order chi connectivity index (χ0) is 18.7. The quantitative estimate of drug-likeness (QED) is 0.638. The third-order valence-electron chi connectivity index (χ3n) is 5.83. The predicted molar refractivity (Wildman–Crippen MR) is 107 cm³/mol. The second-order valence-electron chi connectivity index (χ2n) is 7.56. The molecule has 1 heterocycles. The van der Waals surface area contributed by atoms with Crippen molar-refractivity contribution in [2.45, 2.75) is 37.5 Å². The van der Waals surface area contributed by atoms with Crippen molar-refractivity contribution >= 4 is 11.6 Å². The Morgan fingerprint density at radius 3 is 2.59 bits per heavy atom. The molecule has 27 heavy (non-hydrogen) atoms. The van der Waals surface area contributed by atoms with Gasteiger partial charge in [0.05, 0.1) is 6.54 Å². The highest BCUT2D eigenvalue weighted by atomic mass is 19.1. The number of fused-ring (bicyclic) bond motifs is 1. The summed E-state index contributed by atoms with van der Waals surface area (Å²) >= 11 is 0. The van der Waals surface area contributed by atoms with Crippen molar-refractivity contribution in [2.75, 3.05) is 25.1 Å². The van der Waals surface area contributed by atoms with Crippen LogP contribution in [0.25, 0.3) is 0 Å². The number of ether oxygens (including phenoxy) is 1. The summed E-state index contributed by atoms with van der Waals surface area (Å²) in [6, 6.07) is 13.2. The Hall–Kier alpha value is -2.40. The third-order valence-corrected chi connectivity index (χ3v) is 5.83. The molecule has 0 aromatic heterocycles. The molecule has 4 nitrogen and oxygen atoms in total. The highest BCUT2D eigenvalue weighted by molar-refractivity contribution is 5.92. The molecule has 0 amide bonds. The Balaban J connectivity index is 1.50. The van der Waals surface area contributed by atoms with Gasteiger partial charge < -0.3 is 15.8 Å². The standard InChI is InChI=1S/C22H26FN3O/c23-19-7-5-18(6-8-19)22(10-12-27-13-11-22)15-25-21(24)26-20-9-4-16-2-1-3-17(16)14-20/h4-9,14H,1-3,10-13,15H2,(H3,24,25,26). The van der Waals surface area contributed by atoms with E-state index in [2.05, 4.69) is 28.5 Å². The molecular weight excluding hydrogens is 341 g/mol. The van der Waals surface area contributed by atoms with Crippen molar-refractivity contribution in [1.82, 2.24) is 0 Å². The lowest BCUT2D eigenvalue weighted by Crippen LogP contribution is -2.38. The number of guanidine groups is 1. The van der Waals surface area contributed by atoms with E-state index in [0.717, 1.165) is 30.5 Å². The molecule has 2 aromatic rings. The molecule has 1 aliphatic heterocycles. The number of anilines is 1. The molecule has 4 rings (SSSR count). The molecular formula is C22H26FN3O. The van der Waals surface area contributed by atoms with Crippen LogP contribution in [0.2, 0.25) is 0 Å². The van der Waals surface area contributed by atoms with Gasteiger partial charge >= 0.3 is 0 Å². The molecule has 3 N–H and O–H groups in total. The van der Waals surface area contributed by atoms with Crippen molar-refractivity contribution in [3.63, 3.8) is 0 Å². The van der Waals surface area contributed by atoms with Crippen LogP contribution >= 0.6 is 0 Å². The molecule has 0 bridgehead atoms. The number of aliphatic imine (C=N–C) groups is 1. The molecule has 0 spiro atoms. The van der Waals surface area contributed by atoms with E-state index in [0.29, 0.717) is 25.7 Å². The van der Waals surface area contributed by atoms with Crippen molar-refractivity contribution in [3.05, 3.63) is 65.0 Å². The summed E-state index contributed by atoms with van der Waals surface area (Å²) in [7, 11) is 0. The summed E-state index contributed by atoms with van der Waals surface area (Å²) in [6.45, 7) is 1.93. The van der Waals surface area contributed by atoms with Crippen molar-refractivity contribution in [3.8, 4) is 0 Å². The van der Waals surface area contributed by atoms with Crippen molar-refractivity contribution in [2.24, 2.45) is 10.7 Å². The van der Waals surface area contributed by atoms with Gasteiger partial charge in [0.1, 0.15) is 5.82 Å². The lowest BCUT2D eigenvalue weighted by Gasteiger charge is -2.36. The first-order valence-electron chi connectivity index (χ1n) is 9.67. The Labute approximate surface area is 159 Å². The summed E-state index contributed by atoms with van der Waals surface area (Å²) in [6.07, 6.45) is 5.24. The summed E-state index contributed by atoms with van der Waals surface area (Å²) < 4.78 is 18.9. The Morgan fingerprint density at radius 2 is 1.81 bits per heavy atom. The van der Waals surface area contributed by atoms with E-state index in [1.165, 1.54) is 36.1 Å². The lowest BCUT2D eigenvalue weighted by molar-refractivity contribution is 0.0531. The number of nitrogens with zero attached hydrogens (tertiary/aromatic N) is 1. The van der Waals surface area contributed by atoms with Gasteiger partial charge in [-0.1, -0.05) is 18.2 Å². The number of nitrogens with one attached hydrogen (secondary N) is 1. The van der Waals surface area contributed by atoms with Gasteiger partial charge in [-0.2, -0.15) is 0 Å². The summed E-state index contributed by atoms with van der Waals surface area (Å²) in [4.78, 5) is 4.64. The predicted octanol–water partition coefficient (Wildman–Crippen LogP) is 3.79. The molecule has 1 saturated heterocycles. The van der Waals surface area contributed by atoms with Gasteiger partial charge in [-0.3, -0.25) is 4.99 Å². The molecule has 0 atom stereocenters. The topological polar surface area (TPSA) is 59.6 Å². The number of hydrogen-bond donors (Lipinski definition) is 2. The summed E-state index contributed by atoms with van der Waals surface area (Å²) in [5, 5.41) is 3.23. The summed E-state index contributed by atoms with van der Waals surface area (Å²) in [5.74, 6) is 0.197. The molecule has 2 aliphatic rings. The van der Waals surface area contributed by atoms with E-state index in [4.69, 9.17) is 10.5 Å². The fraction of sp³-hybridized carbons (Fsp3) is 0.409. The Bertz CT molecular complexity index is 826. The third kappa shape index (κ3) is 3.98. The highest BCUT2D eigenvalue weighted by Gasteiger charge is 2.34. The van der Waals surface area contributed by atoms with Crippen LogP contribution in [0.3, 0.4) is 0 Å². The second-order valence-corrected chi connectivity index (χ2v) is 7.56. The van der Waals surface area contributed by atoms with Crippen LogP contribution < -0.4 is 11.1 Å². The molecule has 142 valence electrons. The number of hydrogen-bond acceptors (Lipinski definition) is 2. The van der Waals surface area contributed by atoms with Gasteiger partial charge in [0.15, 0.2) is 5.96 Å². The van der Waals surface area contributed by atoms with Gasteiger partial charge in [-0.05, 0) is 73.1 Å². The van der Waals surface area contributed by atoms with Crippen LogP contribution in [0, 0.1) is 5.82 Å². The average molecular weight is 367 g/mol. The molecule has 1 fully saturated rings. The van der Waals surface area contributed by atoms with E-state index >= 15 is 0 Å². The van der Waals surface area contributed by atoms with E-state index in [1.54, 1.807) is 0 Å². The number of nitrogens with two attached hydrogens (primary N) is 1. The van der Waals surface area contributed by atoms with Crippen LogP contribution in [0.15, 0.2) is 47.5 Å². The van der Waals surface area contributed by atoms with Crippen molar-refractivity contribution < 1.29 is 9.13 Å². The van der Waals surface area contributed by atoms with Gasteiger partial charge in [-0.15, -0.1) is 0 Å². The first-order chi connectivity index (χ1) is 13.1. The zero-order valence-electron chi connectivity index (χ0n) is 15.5. The van der Waals surface area contributed by atoms with Gasteiger partial charge in [0, 0.05) is 24.3 Å². The van der Waals surface area contributed by atoms with Crippen molar-refractivity contribution in [1.29, 1.82) is 0 Å². The fourth-order valence-electron chi connectivity index (χ4n) is 4.18. The van der Waals surface area contributed by atoms with E-state index in [9.17, 15) is 4.39 Å². The maximum absolute atomic E-state index is 13.3. The normalized spacial score (nSPS) is 18.9. The monoisotopic (exact) mass is 367 g/mol. The van der Waals surface area contributed by atoms with E-state index in [1.807, 2.05) is 12.1 Å². The maximum atomic E-state index is 13.3. The van der Waals surface area contributed by atoms with Crippen LogP contribution in [0.5, 0.6) is 0 Å². The smallest absolute Gasteiger partial charge is 0.193 e. The molecule has 0 radical (unpaired) electrons. The van der Waals surface area contributed by atoms with E-state index in [-0.39, 0.29) is 11.2 Å². The number of rotatable bonds is 4. The second kappa shape index (κ2) is 7.69. The lowest BCUT2D eigenvalue weighted by atomic mass is 9.74. The summed E-state index contributed by atoms with van der Waals surface area (Å²) in [5.41, 5.74) is 10.9. The van der Waals surface area contributed by atoms with Crippen LogP contribution in [0.1, 0.15) is 36.0 Å². The minimum atomic E-state index is -0.220. The molecule has 0 unspecified atom stereocenters. The molecule has 2 aromatic carbocycles. The van der Waals surface area contributed by atoms with Crippen LogP contribution in [-0.4, -0.2) is 25.7 Å². The van der Waals surface area contributed by atoms with Crippen LogP contribution in [-0.2, 0) is 23.0 Å². The molecule has 1 aliphatic carbocycles. The number of halogens is 1. The zero-order valence-corrected chi connectivity index (χ0v) is 15.5. The van der Waals surface area contributed by atoms with Gasteiger partial charge in [-0.25, -0.2) is 4.39 Å². The minimum Gasteiger partial charge on any atom is -0.381 e. The maximum Gasteiger partial charge on any atom is 0.193 e. The first kappa shape index (κ1) is 18.0. The number of aryl methyl sites for hydroxylation is 2. The first-order valence-corrected chi connectivity index (χ1v) is 9.67. The Morgan fingerprint density at radius 1 is 1.07 bits per heavy atom. The average Bonchev–Trinajstić information content (AvgIpc) is 3.15.